The standard InChI is InChI=1S/C9H12ClNO3/c1-13-9-5-8(14-3-2-12)6(10)4-7(9)11/h4-5,12H,2-3,11H2,1H3. The summed E-state index contributed by atoms with van der Waals surface area (Å²) in [5.74, 6) is 0.953. The second-order valence-corrected chi connectivity index (χ2v) is 3.00. The Morgan fingerprint density at radius 3 is 2.71 bits per heavy atom. The summed E-state index contributed by atoms with van der Waals surface area (Å²) < 4.78 is 10.2. The number of rotatable bonds is 4. The average molecular weight is 218 g/mol. The molecule has 78 valence electrons. The van der Waals surface area contributed by atoms with Gasteiger partial charge < -0.3 is 20.3 Å². The molecule has 0 aliphatic heterocycles. The highest BCUT2D eigenvalue weighted by Crippen LogP contribution is 2.34. The molecule has 0 aliphatic carbocycles. The smallest absolute Gasteiger partial charge is 0.145 e. The molecular weight excluding hydrogens is 206 g/mol. The third kappa shape index (κ3) is 2.43. The van der Waals surface area contributed by atoms with Gasteiger partial charge in [-0.2, -0.15) is 0 Å². The molecule has 0 aliphatic rings. The van der Waals surface area contributed by atoms with Crippen LogP contribution in [-0.2, 0) is 0 Å². The molecule has 0 fully saturated rings. The summed E-state index contributed by atoms with van der Waals surface area (Å²) in [5.41, 5.74) is 6.07. The topological polar surface area (TPSA) is 64.7 Å². The molecule has 4 nitrogen and oxygen atoms in total. The van der Waals surface area contributed by atoms with Crippen molar-refractivity contribution in [1.82, 2.24) is 0 Å². The van der Waals surface area contributed by atoms with Crippen LogP contribution in [-0.4, -0.2) is 25.4 Å². The molecular formula is C9H12ClNO3. The second kappa shape index (κ2) is 4.93. The fourth-order valence-corrected chi connectivity index (χ4v) is 1.22. The molecule has 0 aromatic heterocycles. The van der Waals surface area contributed by atoms with E-state index in [0.717, 1.165) is 0 Å². The van der Waals surface area contributed by atoms with Crippen molar-refractivity contribution in [2.75, 3.05) is 26.1 Å². The van der Waals surface area contributed by atoms with Gasteiger partial charge in [0.1, 0.15) is 18.1 Å². The van der Waals surface area contributed by atoms with Gasteiger partial charge in [-0.05, 0) is 6.07 Å². The first-order chi connectivity index (χ1) is 6.69. The lowest BCUT2D eigenvalue weighted by Crippen LogP contribution is -2.03. The predicted molar refractivity (Wildman–Crippen MR) is 55.0 cm³/mol. The van der Waals surface area contributed by atoms with E-state index in [2.05, 4.69) is 0 Å². The van der Waals surface area contributed by atoms with Crippen LogP contribution in [0.3, 0.4) is 0 Å². The molecule has 0 bridgehead atoms. The second-order valence-electron chi connectivity index (χ2n) is 2.60. The molecule has 0 heterocycles. The SMILES string of the molecule is COc1cc(OCCO)c(Cl)cc1N. The Labute approximate surface area is 87.2 Å². The lowest BCUT2D eigenvalue weighted by Gasteiger charge is -2.10. The largest absolute Gasteiger partial charge is 0.494 e. The fraction of sp³-hybridized carbons (Fsp3) is 0.333. The Hall–Kier alpha value is -1.13. The number of aliphatic hydroxyl groups excluding tert-OH is 1. The monoisotopic (exact) mass is 217 g/mol. The van der Waals surface area contributed by atoms with Gasteiger partial charge >= 0.3 is 0 Å². The maximum atomic E-state index is 8.58. The number of hydrogen-bond acceptors (Lipinski definition) is 4. The minimum atomic E-state index is -0.0664. The molecule has 3 N–H and O–H groups in total. The van der Waals surface area contributed by atoms with Gasteiger partial charge in [-0.3, -0.25) is 0 Å². The molecule has 0 radical (unpaired) electrons. The summed E-state index contributed by atoms with van der Waals surface area (Å²) in [6.07, 6.45) is 0. The molecule has 0 amide bonds. The van der Waals surface area contributed by atoms with E-state index in [-0.39, 0.29) is 13.2 Å². The highest BCUT2D eigenvalue weighted by Gasteiger charge is 2.07. The Bertz CT molecular complexity index is 317. The number of methoxy groups -OCH3 is 1. The van der Waals surface area contributed by atoms with E-state index >= 15 is 0 Å². The average Bonchev–Trinajstić information content (AvgIpc) is 2.17. The first-order valence-electron chi connectivity index (χ1n) is 4.05. The van der Waals surface area contributed by atoms with Gasteiger partial charge in [0.2, 0.25) is 0 Å². The van der Waals surface area contributed by atoms with E-state index in [0.29, 0.717) is 22.2 Å². The van der Waals surface area contributed by atoms with Crippen LogP contribution < -0.4 is 15.2 Å². The van der Waals surface area contributed by atoms with Crippen LogP contribution >= 0.6 is 11.6 Å². The molecule has 14 heavy (non-hydrogen) atoms. The summed E-state index contributed by atoms with van der Waals surface area (Å²) in [4.78, 5) is 0. The number of aliphatic hydroxyl groups is 1. The fourth-order valence-electron chi connectivity index (χ4n) is 0.993. The summed E-state index contributed by atoms with van der Waals surface area (Å²) in [6.45, 7) is 0.121. The number of nitrogen functional groups attached to an aromatic ring is 1. The maximum absolute atomic E-state index is 8.58. The number of nitrogens with two attached hydrogens (primary N) is 1. The van der Waals surface area contributed by atoms with E-state index in [1.54, 1.807) is 12.1 Å². The van der Waals surface area contributed by atoms with Gasteiger partial charge in [0.25, 0.3) is 0 Å². The van der Waals surface area contributed by atoms with E-state index in [9.17, 15) is 0 Å². The lowest BCUT2D eigenvalue weighted by molar-refractivity contribution is 0.201. The third-order valence-corrected chi connectivity index (χ3v) is 1.93. The zero-order valence-corrected chi connectivity index (χ0v) is 8.54. The van der Waals surface area contributed by atoms with E-state index in [1.165, 1.54) is 7.11 Å². The van der Waals surface area contributed by atoms with Crippen LogP contribution in [0.15, 0.2) is 12.1 Å². The summed E-state index contributed by atoms with van der Waals surface area (Å²) in [5, 5.41) is 8.98. The summed E-state index contributed by atoms with van der Waals surface area (Å²) in [6, 6.07) is 3.14. The highest BCUT2D eigenvalue weighted by molar-refractivity contribution is 6.32. The van der Waals surface area contributed by atoms with Crippen LogP contribution in [0.4, 0.5) is 5.69 Å². The third-order valence-electron chi connectivity index (χ3n) is 1.63. The van der Waals surface area contributed by atoms with Crippen molar-refractivity contribution < 1.29 is 14.6 Å². The summed E-state index contributed by atoms with van der Waals surface area (Å²) in [7, 11) is 1.51. The molecule has 5 heteroatoms. The Kier molecular flexibility index (Phi) is 3.85. The highest BCUT2D eigenvalue weighted by atomic mass is 35.5. The van der Waals surface area contributed by atoms with Crippen molar-refractivity contribution in [3.05, 3.63) is 17.2 Å². The molecule has 0 saturated heterocycles. The first kappa shape index (κ1) is 10.9. The Balaban J connectivity index is 2.92. The molecule has 0 spiro atoms. The number of benzene rings is 1. The molecule has 1 rings (SSSR count). The van der Waals surface area contributed by atoms with Gasteiger partial charge in [-0.25, -0.2) is 0 Å². The van der Waals surface area contributed by atoms with Crippen molar-refractivity contribution in [3.8, 4) is 11.5 Å². The van der Waals surface area contributed by atoms with Crippen molar-refractivity contribution in [3.63, 3.8) is 0 Å². The number of halogens is 1. The molecule has 0 unspecified atom stereocenters. The van der Waals surface area contributed by atoms with Gasteiger partial charge in [-0.15, -0.1) is 0 Å². The maximum Gasteiger partial charge on any atom is 0.145 e. The predicted octanol–water partition coefficient (Wildman–Crippen LogP) is 1.30. The van der Waals surface area contributed by atoms with E-state index in [4.69, 9.17) is 31.9 Å². The first-order valence-corrected chi connectivity index (χ1v) is 4.43. The van der Waals surface area contributed by atoms with Crippen LogP contribution in [0.5, 0.6) is 11.5 Å². The molecule has 1 aromatic carbocycles. The van der Waals surface area contributed by atoms with E-state index < -0.39 is 0 Å². The number of ether oxygens (including phenoxy) is 2. The van der Waals surface area contributed by atoms with Crippen molar-refractivity contribution in [2.45, 2.75) is 0 Å². The quantitative estimate of drug-likeness (QED) is 0.747. The number of anilines is 1. The van der Waals surface area contributed by atoms with E-state index in [1.807, 2.05) is 0 Å². The minimum Gasteiger partial charge on any atom is -0.494 e. The minimum absolute atomic E-state index is 0.0664. The van der Waals surface area contributed by atoms with Gasteiger partial charge in [-0.1, -0.05) is 11.6 Å². The normalized spacial score (nSPS) is 9.93. The Morgan fingerprint density at radius 2 is 2.14 bits per heavy atom. The zero-order valence-electron chi connectivity index (χ0n) is 7.79. The van der Waals surface area contributed by atoms with Crippen LogP contribution in [0.2, 0.25) is 5.02 Å². The van der Waals surface area contributed by atoms with Crippen LogP contribution in [0.1, 0.15) is 0 Å². The van der Waals surface area contributed by atoms with Crippen LogP contribution in [0, 0.1) is 0 Å². The lowest BCUT2D eigenvalue weighted by atomic mass is 10.3. The Morgan fingerprint density at radius 1 is 1.43 bits per heavy atom. The molecule has 0 saturated carbocycles. The summed E-state index contributed by atoms with van der Waals surface area (Å²) >= 11 is 5.85. The van der Waals surface area contributed by atoms with Gasteiger partial charge in [0.05, 0.1) is 24.4 Å². The zero-order chi connectivity index (χ0) is 10.6. The van der Waals surface area contributed by atoms with Crippen molar-refractivity contribution >= 4 is 17.3 Å². The van der Waals surface area contributed by atoms with Gasteiger partial charge in [0, 0.05) is 6.07 Å². The van der Waals surface area contributed by atoms with Crippen molar-refractivity contribution in [2.24, 2.45) is 0 Å². The number of hydrogen-bond donors (Lipinski definition) is 2. The van der Waals surface area contributed by atoms with Crippen molar-refractivity contribution in [1.29, 1.82) is 0 Å². The van der Waals surface area contributed by atoms with Gasteiger partial charge in [0.15, 0.2) is 0 Å². The van der Waals surface area contributed by atoms with Crippen LogP contribution in [0.25, 0.3) is 0 Å². The molecule has 1 aromatic rings. The molecule has 0 atom stereocenters.